The second-order valence-corrected chi connectivity index (χ2v) is 5.89. The molecule has 152 valence electrons. The van der Waals surface area contributed by atoms with Gasteiger partial charge in [-0.25, -0.2) is 0 Å². The summed E-state index contributed by atoms with van der Waals surface area (Å²) in [5.41, 5.74) is -5.03. The molecule has 0 radical (unpaired) electrons. The molecule has 0 saturated carbocycles. The van der Waals surface area contributed by atoms with Crippen LogP contribution in [0.25, 0.3) is 0 Å². The van der Waals surface area contributed by atoms with Crippen LogP contribution in [0.1, 0.15) is 15.9 Å². The van der Waals surface area contributed by atoms with Crippen LogP contribution in [-0.4, -0.2) is 31.0 Å². The summed E-state index contributed by atoms with van der Waals surface area (Å²) >= 11 is 0. The zero-order chi connectivity index (χ0) is 21.2. The number of benzene rings is 2. The summed E-state index contributed by atoms with van der Waals surface area (Å²) in [7, 11) is 1.14. The molecule has 1 amide bonds. The van der Waals surface area contributed by atoms with Crippen molar-refractivity contribution in [1.29, 1.82) is 0 Å². The number of aryl methyl sites for hydroxylation is 1. The zero-order valence-corrected chi connectivity index (χ0v) is 14.7. The molecule has 2 aromatic carbocycles. The number of hydrogen-bond donors (Lipinski definition) is 2. The second kappa shape index (κ2) is 7.61. The molecule has 0 fully saturated rings. The summed E-state index contributed by atoms with van der Waals surface area (Å²) in [5, 5.41) is 2.50. The molecule has 4 nitrogen and oxygen atoms in total. The summed E-state index contributed by atoms with van der Waals surface area (Å²) in [6.45, 7) is 1.62. The highest BCUT2D eigenvalue weighted by molar-refractivity contribution is 5.97. The van der Waals surface area contributed by atoms with Crippen molar-refractivity contribution in [1.82, 2.24) is 5.32 Å². The molecule has 0 spiro atoms. The molecule has 0 heterocycles. The van der Waals surface area contributed by atoms with Crippen LogP contribution in [0.2, 0.25) is 0 Å². The summed E-state index contributed by atoms with van der Waals surface area (Å²) in [6, 6.07) is 9.77. The highest BCUT2D eigenvalue weighted by Crippen LogP contribution is 2.44. The molecule has 28 heavy (non-hydrogen) atoms. The molecule has 2 rings (SSSR count). The van der Waals surface area contributed by atoms with E-state index in [9.17, 15) is 31.1 Å². The van der Waals surface area contributed by atoms with E-state index in [0.29, 0.717) is 5.56 Å². The number of carbonyl (C=O) groups excluding carboxylic acids is 1. The third-order valence-electron chi connectivity index (χ3n) is 3.89. The van der Waals surface area contributed by atoms with Crippen LogP contribution in [0, 0.1) is 6.92 Å². The lowest BCUT2D eigenvalue weighted by molar-refractivity contribution is -0.294. The lowest BCUT2D eigenvalue weighted by Gasteiger charge is -2.39. The van der Waals surface area contributed by atoms with Gasteiger partial charge in [0.15, 0.2) is 0 Å². The topological polar surface area (TPSA) is 50.4 Å². The van der Waals surface area contributed by atoms with Crippen molar-refractivity contribution in [2.75, 3.05) is 12.4 Å². The van der Waals surface area contributed by atoms with Crippen molar-refractivity contribution in [2.24, 2.45) is 0 Å². The minimum atomic E-state index is -5.91. The number of carbonyl (C=O) groups is 1. The van der Waals surface area contributed by atoms with E-state index in [-0.39, 0.29) is 5.75 Å². The average molecular weight is 406 g/mol. The van der Waals surface area contributed by atoms with Crippen LogP contribution in [0.3, 0.4) is 0 Å². The minimum Gasteiger partial charge on any atom is -0.496 e. The highest BCUT2D eigenvalue weighted by atomic mass is 19.4. The molecule has 0 aromatic heterocycles. The largest absolute Gasteiger partial charge is 0.496 e. The van der Waals surface area contributed by atoms with Crippen LogP contribution < -0.4 is 15.4 Å². The van der Waals surface area contributed by atoms with Crippen LogP contribution in [0.4, 0.5) is 32.0 Å². The van der Waals surface area contributed by atoms with Crippen molar-refractivity contribution in [2.45, 2.75) is 24.9 Å². The number of methoxy groups -OCH3 is 1. The lowest BCUT2D eigenvalue weighted by Crippen LogP contribution is -2.72. The number of hydrogen-bond acceptors (Lipinski definition) is 3. The molecule has 2 N–H and O–H groups in total. The number of rotatable bonds is 5. The highest BCUT2D eigenvalue weighted by Gasteiger charge is 2.72. The molecule has 2 aromatic rings. The van der Waals surface area contributed by atoms with E-state index in [1.165, 1.54) is 35.6 Å². The first-order valence-electron chi connectivity index (χ1n) is 7.85. The van der Waals surface area contributed by atoms with Gasteiger partial charge in [0.2, 0.25) is 0 Å². The van der Waals surface area contributed by atoms with Crippen molar-refractivity contribution < 1.29 is 35.9 Å². The van der Waals surface area contributed by atoms with E-state index < -0.39 is 35.2 Å². The van der Waals surface area contributed by atoms with Gasteiger partial charge >= 0.3 is 18.0 Å². The van der Waals surface area contributed by atoms with Gasteiger partial charge in [0, 0.05) is 5.69 Å². The third kappa shape index (κ3) is 4.15. The van der Waals surface area contributed by atoms with E-state index in [1.807, 2.05) is 0 Å². The molecule has 0 aliphatic heterocycles. The third-order valence-corrected chi connectivity index (χ3v) is 3.89. The summed E-state index contributed by atoms with van der Waals surface area (Å²) in [6.07, 6.45) is -11.8. The van der Waals surface area contributed by atoms with Crippen molar-refractivity contribution in [3.05, 3.63) is 59.7 Å². The molecular formula is C18H16F6N2O2. The molecule has 0 aliphatic carbocycles. The Hall–Kier alpha value is -2.91. The molecule has 10 heteroatoms. The fraction of sp³-hybridized carbons (Fsp3) is 0.278. The van der Waals surface area contributed by atoms with Gasteiger partial charge in [-0.05, 0) is 31.2 Å². The number of ether oxygens (including phenoxy) is 1. The molecule has 0 bridgehead atoms. The van der Waals surface area contributed by atoms with Crippen molar-refractivity contribution in [3.63, 3.8) is 0 Å². The van der Waals surface area contributed by atoms with Gasteiger partial charge in [-0.1, -0.05) is 29.8 Å². The van der Waals surface area contributed by atoms with Gasteiger partial charge in [0.1, 0.15) is 5.75 Å². The Bertz CT molecular complexity index is 817. The predicted octanol–water partition coefficient (Wildman–Crippen LogP) is 4.67. The molecule has 0 unspecified atom stereocenters. The molecule has 0 aliphatic rings. The molecular weight excluding hydrogens is 390 g/mol. The minimum absolute atomic E-state index is 0.173. The fourth-order valence-electron chi connectivity index (χ4n) is 2.40. The van der Waals surface area contributed by atoms with Gasteiger partial charge in [-0.15, -0.1) is 0 Å². The summed E-state index contributed by atoms with van der Waals surface area (Å²) in [4.78, 5) is 12.3. The first-order valence-corrected chi connectivity index (χ1v) is 7.85. The Morgan fingerprint density at radius 1 is 0.893 bits per heavy atom. The maximum atomic E-state index is 13.7. The van der Waals surface area contributed by atoms with E-state index in [4.69, 9.17) is 4.74 Å². The smallest absolute Gasteiger partial charge is 0.439 e. The van der Waals surface area contributed by atoms with Crippen molar-refractivity contribution in [3.8, 4) is 5.75 Å². The van der Waals surface area contributed by atoms with Crippen LogP contribution in [0.5, 0.6) is 5.75 Å². The predicted molar refractivity (Wildman–Crippen MR) is 90.1 cm³/mol. The van der Waals surface area contributed by atoms with Gasteiger partial charge in [-0.2, -0.15) is 26.3 Å². The number of amides is 1. The number of halogens is 6. The number of para-hydroxylation sites is 1. The Labute approximate surface area is 156 Å². The first kappa shape index (κ1) is 21.4. The SMILES string of the molecule is COc1ccccc1C(=O)NC(Nc1ccc(C)cc1)(C(F)(F)F)C(F)(F)F. The van der Waals surface area contributed by atoms with Crippen LogP contribution in [0.15, 0.2) is 48.5 Å². The van der Waals surface area contributed by atoms with Crippen LogP contribution >= 0.6 is 0 Å². The summed E-state index contributed by atoms with van der Waals surface area (Å²) < 4.78 is 86.8. The van der Waals surface area contributed by atoms with E-state index in [0.717, 1.165) is 30.6 Å². The number of anilines is 1. The van der Waals surface area contributed by atoms with Crippen molar-refractivity contribution >= 4 is 11.6 Å². The van der Waals surface area contributed by atoms with E-state index in [1.54, 1.807) is 6.92 Å². The normalized spacial score (nSPS) is 12.4. The van der Waals surface area contributed by atoms with E-state index in [2.05, 4.69) is 0 Å². The average Bonchev–Trinajstić information content (AvgIpc) is 2.60. The maximum absolute atomic E-state index is 13.7. The van der Waals surface area contributed by atoms with Gasteiger partial charge in [0.05, 0.1) is 12.7 Å². The molecule has 0 atom stereocenters. The number of nitrogens with one attached hydrogen (secondary N) is 2. The Balaban J connectivity index is 2.54. The Kier molecular flexibility index (Phi) is 5.81. The summed E-state index contributed by atoms with van der Waals surface area (Å²) in [5.74, 6) is -1.78. The van der Waals surface area contributed by atoms with Gasteiger partial charge in [0.25, 0.3) is 5.91 Å². The fourth-order valence-corrected chi connectivity index (χ4v) is 2.40. The van der Waals surface area contributed by atoms with E-state index >= 15 is 0 Å². The lowest BCUT2D eigenvalue weighted by atomic mass is 10.1. The second-order valence-electron chi connectivity index (χ2n) is 5.89. The Morgan fingerprint density at radius 3 is 1.93 bits per heavy atom. The monoisotopic (exact) mass is 406 g/mol. The molecule has 0 saturated heterocycles. The van der Waals surface area contributed by atoms with Gasteiger partial charge < -0.3 is 15.4 Å². The Morgan fingerprint density at radius 2 is 1.43 bits per heavy atom. The number of alkyl halides is 6. The quantitative estimate of drug-likeness (QED) is 0.561. The van der Waals surface area contributed by atoms with Gasteiger partial charge in [-0.3, -0.25) is 4.79 Å². The standard InChI is InChI=1S/C18H16F6N2O2/c1-11-7-9-12(10-8-11)25-16(17(19,20)21,18(22,23)24)26-15(27)13-5-3-4-6-14(13)28-2/h3-10,25H,1-2H3,(H,26,27). The first-order chi connectivity index (χ1) is 12.9. The maximum Gasteiger partial charge on any atom is 0.439 e. The van der Waals surface area contributed by atoms with Crippen LogP contribution in [-0.2, 0) is 0 Å². The zero-order valence-electron chi connectivity index (χ0n) is 14.7.